The van der Waals surface area contributed by atoms with Crippen molar-refractivity contribution in [2.75, 3.05) is 11.9 Å². The van der Waals surface area contributed by atoms with Gasteiger partial charge in [-0.05, 0) is 40.0 Å². The third-order valence-corrected chi connectivity index (χ3v) is 4.73. The van der Waals surface area contributed by atoms with Gasteiger partial charge >= 0.3 is 0 Å². The van der Waals surface area contributed by atoms with Crippen LogP contribution in [0.15, 0.2) is 27.7 Å². The summed E-state index contributed by atoms with van der Waals surface area (Å²) in [6.45, 7) is 5.21. The van der Waals surface area contributed by atoms with Crippen LogP contribution >= 0.6 is 27.7 Å². The van der Waals surface area contributed by atoms with Crippen molar-refractivity contribution < 1.29 is 4.39 Å². The molecule has 0 bridgehead atoms. The van der Waals surface area contributed by atoms with Gasteiger partial charge in [-0.3, -0.25) is 4.99 Å². The van der Waals surface area contributed by atoms with Crippen LogP contribution in [0, 0.1) is 11.7 Å². The minimum Gasteiger partial charge on any atom is -0.334 e. The molecule has 0 radical (unpaired) electrons. The second kappa shape index (κ2) is 5.40. The lowest BCUT2D eigenvalue weighted by atomic mass is 10.1. The maximum absolute atomic E-state index is 13.1. The minimum atomic E-state index is -0.250. The van der Waals surface area contributed by atoms with Crippen LogP contribution in [0.3, 0.4) is 0 Å². The van der Waals surface area contributed by atoms with E-state index in [2.05, 4.69) is 40.1 Å². The molecule has 0 saturated heterocycles. The first-order valence-corrected chi connectivity index (χ1v) is 7.16. The molecule has 0 spiro atoms. The molecule has 1 aromatic rings. The van der Waals surface area contributed by atoms with Gasteiger partial charge < -0.3 is 5.32 Å². The molecular formula is C12H14BrFN2S. The highest BCUT2D eigenvalue weighted by atomic mass is 79.9. The molecule has 0 saturated carbocycles. The number of halogens is 2. The van der Waals surface area contributed by atoms with Crippen LogP contribution in [0.1, 0.15) is 13.8 Å². The van der Waals surface area contributed by atoms with Gasteiger partial charge in [0.1, 0.15) is 5.82 Å². The standard InChI is InChI=1S/C12H14BrFN2S/c1-7(2)11-6-15-12(17-11)16-10-5-8(14)3-4-9(10)13/h3-5,7,11H,6H2,1-2H3,(H,15,16). The predicted molar refractivity (Wildman–Crippen MR) is 76.2 cm³/mol. The number of nitrogens with zero attached hydrogens (tertiary/aromatic N) is 1. The van der Waals surface area contributed by atoms with E-state index in [1.807, 2.05) is 0 Å². The molecule has 0 fully saturated rings. The number of hydrogen-bond acceptors (Lipinski definition) is 3. The number of rotatable bonds is 2. The van der Waals surface area contributed by atoms with E-state index >= 15 is 0 Å². The smallest absolute Gasteiger partial charge is 0.161 e. The van der Waals surface area contributed by atoms with Crippen LogP contribution < -0.4 is 5.32 Å². The average molecular weight is 317 g/mol. The zero-order valence-corrected chi connectivity index (χ0v) is 12.1. The Morgan fingerprint density at radius 3 is 2.94 bits per heavy atom. The SMILES string of the molecule is CC(C)C1CN=C(Nc2cc(F)ccc2Br)S1. The summed E-state index contributed by atoms with van der Waals surface area (Å²) in [6, 6.07) is 4.59. The molecule has 5 heteroatoms. The molecule has 1 N–H and O–H groups in total. The molecule has 0 amide bonds. The summed E-state index contributed by atoms with van der Waals surface area (Å²) in [5.74, 6) is 0.346. The second-order valence-electron chi connectivity index (χ2n) is 4.30. The predicted octanol–water partition coefficient (Wildman–Crippen LogP) is 4.13. The zero-order valence-electron chi connectivity index (χ0n) is 9.71. The van der Waals surface area contributed by atoms with Crippen LogP contribution in [0.25, 0.3) is 0 Å². The fourth-order valence-corrected chi connectivity index (χ4v) is 2.89. The Balaban J connectivity index is 2.05. The Morgan fingerprint density at radius 2 is 2.29 bits per heavy atom. The fraction of sp³-hybridized carbons (Fsp3) is 0.417. The normalized spacial score (nSPS) is 19.6. The van der Waals surface area contributed by atoms with Crippen molar-refractivity contribution >= 4 is 38.5 Å². The van der Waals surface area contributed by atoms with E-state index in [4.69, 9.17) is 0 Å². The summed E-state index contributed by atoms with van der Waals surface area (Å²) >= 11 is 5.11. The van der Waals surface area contributed by atoms with Crippen LogP contribution in [0.4, 0.5) is 10.1 Å². The molecule has 1 unspecified atom stereocenters. The van der Waals surface area contributed by atoms with Crippen molar-refractivity contribution in [2.24, 2.45) is 10.9 Å². The van der Waals surface area contributed by atoms with E-state index < -0.39 is 0 Å². The number of amidine groups is 1. The zero-order chi connectivity index (χ0) is 12.4. The summed E-state index contributed by atoms with van der Waals surface area (Å²) in [6.07, 6.45) is 0. The van der Waals surface area contributed by atoms with E-state index in [0.29, 0.717) is 11.2 Å². The van der Waals surface area contributed by atoms with Crippen LogP contribution in [-0.4, -0.2) is 17.0 Å². The van der Waals surface area contributed by atoms with Crippen molar-refractivity contribution in [3.05, 3.63) is 28.5 Å². The van der Waals surface area contributed by atoms with Gasteiger partial charge in [0, 0.05) is 9.72 Å². The van der Waals surface area contributed by atoms with Crippen LogP contribution in [0.5, 0.6) is 0 Å². The summed E-state index contributed by atoms with van der Waals surface area (Å²) in [5.41, 5.74) is 0.723. The maximum Gasteiger partial charge on any atom is 0.161 e. The van der Waals surface area contributed by atoms with Gasteiger partial charge in [-0.25, -0.2) is 4.39 Å². The van der Waals surface area contributed by atoms with Crippen LogP contribution in [0.2, 0.25) is 0 Å². The number of aliphatic imine (C=N–C) groups is 1. The third-order valence-electron chi connectivity index (χ3n) is 2.59. The van der Waals surface area contributed by atoms with E-state index in [1.54, 1.807) is 17.8 Å². The molecule has 1 heterocycles. The largest absolute Gasteiger partial charge is 0.334 e. The molecule has 2 nitrogen and oxygen atoms in total. The number of anilines is 1. The van der Waals surface area contributed by atoms with E-state index in [-0.39, 0.29) is 5.82 Å². The molecule has 0 aliphatic carbocycles. The molecular weight excluding hydrogens is 303 g/mol. The number of nitrogens with one attached hydrogen (secondary N) is 1. The number of hydrogen-bond donors (Lipinski definition) is 1. The quantitative estimate of drug-likeness (QED) is 0.887. The summed E-state index contributed by atoms with van der Waals surface area (Å²) in [7, 11) is 0. The highest BCUT2D eigenvalue weighted by Crippen LogP contribution is 2.30. The van der Waals surface area contributed by atoms with Crippen molar-refractivity contribution in [3.63, 3.8) is 0 Å². The first-order valence-electron chi connectivity index (χ1n) is 5.49. The topological polar surface area (TPSA) is 24.4 Å². The Kier molecular flexibility index (Phi) is 4.09. The molecule has 1 aliphatic heterocycles. The summed E-state index contributed by atoms with van der Waals surface area (Å²) < 4.78 is 14.0. The lowest BCUT2D eigenvalue weighted by molar-refractivity contribution is 0.621. The number of benzene rings is 1. The molecule has 1 aromatic carbocycles. The van der Waals surface area contributed by atoms with Crippen molar-refractivity contribution in [1.82, 2.24) is 0 Å². The Labute approximate surface area is 113 Å². The molecule has 0 aromatic heterocycles. The Morgan fingerprint density at radius 1 is 1.53 bits per heavy atom. The average Bonchev–Trinajstić information content (AvgIpc) is 2.72. The van der Waals surface area contributed by atoms with E-state index in [1.165, 1.54) is 12.1 Å². The van der Waals surface area contributed by atoms with Gasteiger partial charge in [0.15, 0.2) is 5.17 Å². The van der Waals surface area contributed by atoms with E-state index in [9.17, 15) is 4.39 Å². The third kappa shape index (κ3) is 3.22. The van der Waals surface area contributed by atoms with Crippen molar-refractivity contribution in [1.29, 1.82) is 0 Å². The van der Waals surface area contributed by atoms with E-state index in [0.717, 1.165) is 21.9 Å². The van der Waals surface area contributed by atoms with Crippen molar-refractivity contribution in [2.45, 2.75) is 19.1 Å². The first-order chi connectivity index (χ1) is 8.06. The molecule has 17 heavy (non-hydrogen) atoms. The highest BCUT2D eigenvalue weighted by Gasteiger charge is 2.22. The molecule has 2 rings (SSSR count). The van der Waals surface area contributed by atoms with Gasteiger partial charge in [-0.2, -0.15) is 0 Å². The monoisotopic (exact) mass is 316 g/mol. The summed E-state index contributed by atoms with van der Waals surface area (Å²) in [5, 5.41) is 4.55. The molecule has 1 atom stereocenters. The van der Waals surface area contributed by atoms with Gasteiger partial charge in [0.2, 0.25) is 0 Å². The summed E-state index contributed by atoms with van der Waals surface area (Å²) in [4.78, 5) is 4.43. The van der Waals surface area contributed by atoms with Gasteiger partial charge in [0.05, 0.1) is 12.2 Å². The highest BCUT2D eigenvalue weighted by molar-refractivity contribution is 9.10. The fourth-order valence-electron chi connectivity index (χ4n) is 1.52. The van der Waals surface area contributed by atoms with Gasteiger partial charge in [0.25, 0.3) is 0 Å². The lowest BCUT2D eigenvalue weighted by Crippen LogP contribution is -2.13. The Hall–Kier alpha value is -0.550. The van der Waals surface area contributed by atoms with Crippen LogP contribution in [-0.2, 0) is 0 Å². The lowest BCUT2D eigenvalue weighted by Gasteiger charge is -2.12. The first kappa shape index (κ1) is 12.9. The molecule has 92 valence electrons. The van der Waals surface area contributed by atoms with Gasteiger partial charge in [-0.1, -0.05) is 25.6 Å². The number of thioether (sulfide) groups is 1. The molecule has 1 aliphatic rings. The maximum atomic E-state index is 13.1. The van der Waals surface area contributed by atoms with Gasteiger partial charge in [-0.15, -0.1) is 0 Å². The Bertz CT molecular complexity index is 448. The minimum absolute atomic E-state index is 0.250. The second-order valence-corrected chi connectivity index (χ2v) is 6.38. The van der Waals surface area contributed by atoms with Crippen molar-refractivity contribution in [3.8, 4) is 0 Å².